The lowest BCUT2D eigenvalue weighted by molar-refractivity contribution is 0.278. The molecule has 5 N–H and O–H groups in total. The Labute approximate surface area is 215 Å². The number of aliphatic hydroxyl groups is 1. The van der Waals surface area contributed by atoms with Gasteiger partial charge in [-0.3, -0.25) is 5.41 Å². The van der Waals surface area contributed by atoms with Gasteiger partial charge in [0.2, 0.25) is 4.90 Å². The second-order valence-corrected chi connectivity index (χ2v) is 10.4. The van der Waals surface area contributed by atoms with Gasteiger partial charge in [-0.25, -0.2) is 4.98 Å². The Morgan fingerprint density at radius 1 is 0.919 bits per heavy atom. The molecule has 0 fully saturated rings. The number of nitrogens with zero attached hydrogens (tertiary/aromatic N) is 3. The predicted octanol–water partition coefficient (Wildman–Crippen LogP) is 4.29. The molecule has 5 rings (SSSR count). The SMILES string of the molecule is N=c1c2c(-c3ccccc3)c(-c3ccccc3)n(Cc3ccc([S+](N)(=O)O)cc3)c2ncn1CCCO. The molecule has 37 heavy (non-hydrogen) atoms. The van der Waals surface area contributed by atoms with Gasteiger partial charge in [0.1, 0.15) is 11.1 Å². The standard InChI is InChI=1S/C28H27N5O3S/c29-27-25-24(21-8-3-1-4-9-21)26(22-10-5-2-6-11-22)33(28(25)31-19-32(27)16-7-17-34)18-20-12-14-23(15-13-20)37(30,35)36/h1-6,8-15,19,29,34H,7,16-18H2,(H2-,30,35,36)/p+1. The zero-order valence-corrected chi connectivity index (χ0v) is 20.9. The normalized spacial score (nSPS) is 13.1. The van der Waals surface area contributed by atoms with Crippen molar-refractivity contribution in [2.75, 3.05) is 6.61 Å². The molecule has 1 atom stereocenters. The Bertz CT molecular complexity index is 1640. The smallest absolute Gasteiger partial charge is 0.320 e. The number of hydrogen-bond donors (Lipinski definition) is 4. The second-order valence-electron chi connectivity index (χ2n) is 8.82. The molecule has 0 aliphatic rings. The molecular weight excluding hydrogens is 486 g/mol. The van der Waals surface area contributed by atoms with E-state index in [1.165, 1.54) is 0 Å². The van der Waals surface area contributed by atoms with Gasteiger partial charge in [-0.15, -0.1) is 5.14 Å². The van der Waals surface area contributed by atoms with Crippen LogP contribution in [0.3, 0.4) is 0 Å². The van der Waals surface area contributed by atoms with Gasteiger partial charge in [0.15, 0.2) is 0 Å². The summed E-state index contributed by atoms with van der Waals surface area (Å²) in [5, 5.41) is 24.6. The molecule has 188 valence electrons. The van der Waals surface area contributed by atoms with Gasteiger partial charge in [0, 0.05) is 25.3 Å². The largest absolute Gasteiger partial charge is 0.396 e. The molecular formula is C28H28N5O3S+. The molecule has 2 aromatic heterocycles. The minimum absolute atomic E-state index is 0.0330. The van der Waals surface area contributed by atoms with E-state index in [9.17, 15) is 13.9 Å². The Morgan fingerprint density at radius 2 is 1.54 bits per heavy atom. The second kappa shape index (κ2) is 10.2. The van der Waals surface area contributed by atoms with Crippen LogP contribution in [0.15, 0.2) is 96.2 Å². The summed E-state index contributed by atoms with van der Waals surface area (Å²) in [6.07, 6.45) is 2.18. The Morgan fingerprint density at radius 3 is 2.14 bits per heavy atom. The van der Waals surface area contributed by atoms with Crippen molar-refractivity contribution >= 4 is 21.4 Å². The number of nitrogens with two attached hydrogens (primary N) is 1. The van der Waals surface area contributed by atoms with Crippen molar-refractivity contribution in [3.8, 4) is 22.4 Å². The van der Waals surface area contributed by atoms with Crippen molar-refractivity contribution in [3.05, 3.63) is 102 Å². The van der Waals surface area contributed by atoms with Crippen LogP contribution in [0.1, 0.15) is 12.0 Å². The molecule has 3 aromatic carbocycles. The lowest BCUT2D eigenvalue weighted by atomic mass is 9.99. The van der Waals surface area contributed by atoms with E-state index >= 15 is 0 Å². The number of aromatic nitrogens is 3. The summed E-state index contributed by atoms with van der Waals surface area (Å²) in [5.74, 6) is 0. The van der Waals surface area contributed by atoms with Crippen LogP contribution in [-0.2, 0) is 27.7 Å². The van der Waals surface area contributed by atoms with Crippen LogP contribution in [0.25, 0.3) is 33.4 Å². The van der Waals surface area contributed by atoms with E-state index in [-0.39, 0.29) is 11.5 Å². The first-order valence-electron chi connectivity index (χ1n) is 11.9. The summed E-state index contributed by atoms with van der Waals surface area (Å²) < 4.78 is 25.4. The van der Waals surface area contributed by atoms with E-state index in [4.69, 9.17) is 15.5 Å². The zero-order chi connectivity index (χ0) is 26.0. The number of hydrogen-bond acceptors (Lipinski definition) is 4. The maximum atomic E-state index is 11.9. The maximum Gasteiger partial charge on any atom is 0.320 e. The molecule has 2 heterocycles. The minimum atomic E-state index is -3.54. The van der Waals surface area contributed by atoms with Crippen LogP contribution in [0.4, 0.5) is 0 Å². The van der Waals surface area contributed by atoms with Crippen molar-refractivity contribution in [1.29, 1.82) is 5.41 Å². The first-order chi connectivity index (χ1) is 17.9. The summed E-state index contributed by atoms with van der Waals surface area (Å²) in [7, 11) is -3.54. The molecule has 9 heteroatoms. The third-order valence-electron chi connectivity index (χ3n) is 6.35. The monoisotopic (exact) mass is 514 g/mol. The fraction of sp³-hybridized carbons (Fsp3) is 0.143. The number of rotatable bonds is 8. The van der Waals surface area contributed by atoms with Gasteiger partial charge >= 0.3 is 10.4 Å². The van der Waals surface area contributed by atoms with Crippen molar-refractivity contribution in [2.45, 2.75) is 24.4 Å². The summed E-state index contributed by atoms with van der Waals surface area (Å²) in [6, 6.07) is 26.7. The Kier molecular flexibility index (Phi) is 6.86. The topological polar surface area (TPSA) is 130 Å². The van der Waals surface area contributed by atoms with Crippen LogP contribution in [0.2, 0.25) is 0 Å². The average molecular weight is 515 g/mol. The quantitative estimate of drug-likeness (QED) is 0.230. The van der Waals surface area contributed by atoms with Crippen molar-refractivity contribution in [2.24, 2.45) is 5.14 Å². The van der Waals surface area contributed by atoms with Crippen LogP contribution >= 0.6 is 0 Å². The first kappa shape index (κ1) is 24.8. The van der Waals surface area contributed by atoms with Gasteiger partial charge in [-0.2, -0.15) is 4.55 Å². The molecule has 5 aromatic rings. The van der Waals surface area contributed by atoms with Crippen LogP contribution in [0, 0.1) is 5.41 Å². The van der Waals surface area contributed by atoms with E-state index < -0.39 is 10.4 Å². The fourth-order valence-corrected chi connectivity index (χ4v) is 5.14. The highest BCUT2D eigenvalue weighted by atomic mass is 32.3. The maximum absolute atomic E-state index is 11.9. The summed E-state index contributed by atoms with van der Waals surface area (Å²) in [4.78, 5) is 4.96. The van der Waals surface area contributed by atoms with E-state index in [1.807, 2.05) is 60.7 Å². The lowest BCUT2D eigenvalue weighted by Gasteiger charge is -2.13. The zero-order valence-electron chi connectivity index (χ0n) is 20.1. The van der Waals surface area contributed by atoms with Gasteiger partial charge in [0.05, 0.1) is 17.4 Å². The highest BCUT2D eigenvalue weighted by Gasteiger charge is 2.25. The van der Waals surface area contributed by atoms with Crippen LogP contribution in [-0.4, -0.2) is 30.4 Å². The molecule has 0 aliphatic carbocycles. The highest BCUT2D eigenvalue weighted by molar-refractivity contribution is 7.95. The molecule has 0 radical (unpaired) electrons. The van der Waals surface area contributed by atoms with Crippen molar-refractivity contribution < 1.29 is 13.9 Å². The van der Waals surface area contributed by atoms with E-state index in [0.29, 0.717) is 30.6 Å². The number of nitrogens with one attached hydrogen (secondary N) is 1. The van der Waals surface area contributed by atoms with E-state index in [2.05, 4.69) is 4.57 Å². The molecule has 0 spiro atoms. The predicted molar refractivity (Wildman–Crippen MR) is 145 cm³/mol. The summed E-state index contributed by atoms with van der Waals surface area (Å²) in [6.45, 7) is 0.947. The third kappa shape index (κ3) is 4.90. The van der Waals surface area contributed by atoms with Crippen LogP contribution < -0.4 is 10.6 Å². The number of aliphatic hydroxyl groups excluding tert-OH is 1. The molecule has 8 nitrogen and oxygen atoms in total. The van der Waals surface area contributed by atoms with Crippen LogP contribution in [0.5, 0.6) is 0 Å². The summed E-state index contributed by atoms with van der Waals surface area (Å²) in [5.41, 5.74) is 5.68. The summed E-state index contributed by atoms with van der Waals surface area (Å²) >= 11 is 0. The number of fused-ring (bicyclic) bond motifs is 1. The van der Waals surface area contributed by atoms with Crippen molar-refractivity contribution in [3.63, 3.8) is 0 Å². The molecule has 0 bridgehead atoms. The number of aryl methyl sites for hydroxylation is 1. The molecule has 1 unspecified atom stereocenters. The highest BCUT2D eigenvalue weighted by Crippen LogP contribution is 2.39. The average Bonchev–Trinajstić information content (AvgIpc) is 3.24. The molecule has 0 amide bonds. The van der Waals surface area contributed by atoms with Gasteiger partial charge in [-0.1, -0.05) is 72.8 Å². The third-order valence-corrected chi connectivity index (χ3v) is 7.30. The van der Waals surface area contributed by atoms with E-state index in [1.54, 1.807) is 35.2 Å². The Hall–Kier alpha value is -3.89. The molecule has 0 aliphatic heterocycles. The minimum Gasteiger partial charge on any atom is -0.396 e. The fourth-order valence-electron chi connectivity index (χ4n) is 4.61. The van der Waals surface area contributed by atoms with E-state index in [0.717, 1.165) is 33.3 Å². The molecule has 0 saturated carbocycles. The van der Waals surface area contributed by atoms with Gasteiger partial charge in [-0.05, 0) is 39.5 Å². The Balaban J connectivity index is 1.80. The number of benzene rings is 3. The molecule has 0 saturated heterocycles. The first-order valence-corrected chi connectivity index (χ1v) is 13.5. The lowest BCUT2D eigenvalue weighted by Crippen LogP contribution is -2.22. The van der Waals surface area contributed by atoms with Gasteiger partial charge < -0.3 is 14.2 Å². The van der Waals surface area contributed by atoms with Gasteiger partial charge in [0.25, 0.3) is 0 Å². The van der Waals surface area contributed by atoms with Crippen molar-refractivity contribution in [1.82, 2.24) is 14.1 Å².